The Hall–Kier alpha value is -2.94. The van der Waals surface area contributed by atoms with Crippen LogP contribution in [-0.4, -0.2) is 30.2 Å². The van der Waals surface area contributed by atoms with Gasteiger partial charge in [0.15, 0.2) is 17.1 Å². The van der Waals surface area contributed by atoms with E-state index in [9.17, 15) is 18.0 Å². The number of alkyl halides is 3. The van der Waals surface area contributed by atoms with Crippen molar-refractivity contribution in [2.45, 2.75) is 12.7 Å². The molecule has 0 saturated carbocycles. The molecule has 0 N–H and O–H groups in total. The molecular weight excluding hydrogens is 371 g/mol. The zero-order chi connectivity index (χ0) is 18.5. The van der Waals surface area contributed by atoms with E-state index >= 15 is 0 Å². The quantitative estimate of drug-likeness (QED) is 0.510. The number of halogens is 4. The topological polar surface area (TPSA) is 65.1 Å². The molecule has 4 rings (SSSR count). The van der Waals surface area contributed by atoms with Gasteiger partial charge in [0.1, 0.15) is 5.69 Å². The molecule has 3 aromatic heterocycles. The number of hydrogen-bond donors (Lipinski definition) is 0. The van der Waals surface area contributed by atoms with E-state index < -0.39 is 11.7 Å². The predicted molar refractivity (Wildman–Crippen MR) is 87.2 cm³/mol. The van der Waals surface area contributed by atoms with Gasteiger partial charge in [0, 0.05) is 12.4 Å². The minimum atomic E-state index is -4.50. The Bertz CT molecular complexity index is 1130. The van der Waals surface area contributed by atoms with E-state index in [1.807, 2.05) is 0 Å². The molecular formula is C16H9ClF3N5O. The summed E-state index contributed by atoms with van der Waals surface area (Å²) in [6, 6.07) is 3.17. The van der Waals surface area contributed by atoms with Crippen molar-refractivity contribution in [3.05, 3.63) is 59.0 Å². The number of nitrogens with zero attached hydrogens (tertiary/aromatic N) is 5. The summed E-state index contributed by atoms with van der Waals surface area (Å²) in [4.78, 5) is 23.6. The van der Waals surface area contributed by atoms with Crippen molar-refractivity contribution < 1.29 is 18.0 Å². The van der Waals surface area contributed by atoms with E-state index in [1.165, 1.54) is 6.07 Å². The maximum atomic E-state index is 13.0. The minimum absolute atomic E-state index is 0.0547. The van der Waals surface area contributed by atoms with Crippen molar-refractivity contribution in [2.75, 3.05) is 0 Å². The third-order valence-corrected chi connectivity index (χ3v) is 4.21. The molecule has 0 bridgehead atoms. The Balaban J connectivity index is 2.04. The SMILES string of the molecule is O=Cc1nc2c(Cl)nc3cc(C(F)(F)F)ccc3n2c1Cn1ccnc1. The maximum Gasteiger partial charge on any atom is 0.416 e. The van der Waals surface area contributed by atoms with Crippen LogP contribution in [0.3, 0.4) is 0 Å². The van der Waals surface area contributed by atoms with Crippen molar-refractivity contribution in [3.8, 4) is 0 Å². The van der Waals surface area contributed by atoms with E-state index in [4.69, 9.17) is 11.6 Å². The predicted octanol–water partition coefficient (Wildman–Crippen LogP) is 3.61. The molecule has 0 aliphatic rings. The zero-order valence-corrected chi connectivity index (χ0v) is 13.7. The fourth-order valence-electron chi connectivity index (χ4n) is 2.80. The van der Waals surface area contributed by atoms with Gasteiger partial charge in [0.05, 0.1) is 35.2 Å². The van der Waals surface area contributed by atoms with Gasteiger partial charge >= 0.3 is 6.18 Å². The summed E-state index contributed by atoms with van der Waals surface area (Å²) in [5.74, 6) is 0. The first kappa shape index (κ1) is 16.5. The van der Waals surface area contributed by atoms with E-state index in [0.717, 1.165) is 12.1 Å². The molecule has 0 unspecified atom stereocenters. The second-order valence-electron chi connectivity index (χ2n) is 5.56. The average molecular weight is 380 g/mol. The summed E-state index contributed by atoms with van der Waals surface area (Å²) in [7, 11) is 0. The first-order valence-corrected chi connectivity index (χ1v) is 7.75. The van der Waals surface area contributed by atoms with Crippen LogP contribution in [0.4, 0.5) is 13.2 Å². The highest BCUT2D eigenvalue weighted by Gasteiger charge is 2.31. The molecule has 3 heterocycles. The van der Waals surface area contributed by atoms with Crippen LogP contribution in [0.5, 0.6) is 0 Å². The van der Waals surface area contributed by atoms with Crippen molar-refractivity contribution in [1.29, 1.82) is 0 Å². The first-order chi connectivity index (χ1) is 12.4. The minimum Gasteiger partial charge on any atom is -0.331 e. The standard InChI is InChI=1S/C16H9ClF3N5O/c17-14-15-23-11(7-26)13(6-24-4-3-21-8-24)25(15)12-2-1-9(16(18,19)20)5-10(12)22-14/h1-5,7-8H,6H2. The Morgan fingerprint density at radius 3 is 2.69 bits per heavy atom. The Labute approximate surface area is 148 Å². The van der Waals surface area contributed by atoms with Gasteiger partial charge in [-0.25, -0.2) is 15.0 Å². The van der Waals surface area contributed by atoms with Gasteiger partial charge in [-0.15, -0.1) is 0 Å². The van der Waals surface area contributed by atoms with Crippen molar-refractivity contribution in [3.63, 3.8) is 0 Å². The fourth-order valence-corrected chi connectivity index (χ4v) is 3.02. The van der Waals surface area contributed by atoms with Crippen molar-refractivity contribution in [2.24, 2.45) is 0 Å². The van der Waals surface area contributed by atoms with E-state index in [1.54, 1.807) is 27.7 Å². The smallest absolute Gasteiger partial charge is 0.331 e. The van der Waals surface area contributed by atoms with Crippen molar-refractivity contribution in [1.82, 2.24) is 23.9 Å². The lowest BCUT2D eigenvalue weighted by Crippen LogP contribution is -2.07. The Kier molecular flexibility index (Phi) is 3.69. The van der Waals surface area contributed by atoms with Crippen molar-refractivity contribution >= 4 is 34.6 Å². The number of aromatic nitrogens is 5. The number of aldehydes is 1. The third kappa shape index (κ3) is 2.60. The summed E-state index contributed by atoms with van der Waals surface area (Å²) >= 11 is 6.12. The lowest BCUT2D eigenvalue weighted by molar-refractivity contribution is -0.137. The van der Waals surface area contributed by atoms with E-state index in [0.29, 0.717) is 17.5 Å². The van der Waals surface area contributed by atoms with Gasteiger partial charge in [0.25, 0.3) is 0 Å². The monoisotopic (exact) mass is 379 g/mol. The highest BCUT2D eigenvalue weighted by Crippen LogP contribution is 2.32. The molecule has 132 valence electrons. The lowest BCUT2D eigenvalue weighted by Gasteiger charge is -2.11. The van der Waals surface area contributed by atoms with Gasteiger partial charge in [-0.1, -0.05) is 11.6 Å². The molecule has 6 nitrogen and oxygen atoms in total. The molecule has 10 heteroatoms. The van der Waals surface area contributed by atoms with Crippen LogP contribution in [0, 0.1) is 0 Å². The number of rotatable bonds is 3. The van der Waals surface area contributed by atoms with Gasteiger partial charge in [-0.3, -0.25) is 9.20 Å². The highest BCUT2D eigenvalue weighted by molar-refractivity contribution is 6.32. The molecule has 1 aromatic carbocycles. The van der Waals surface area contributed by atoms with Gasteiger partial charge in [0.2, 0.25) is 0 Å². The lowest BCUT2D eigenvalue weighted by atomic mass is 10.2. The van der Waals surface area contributed by atoms with Crippen LogP contribution < -0.4 is 0 Å². The van der Waals surface area contributed by atoms with Crippen LogP contribution in [0.15, 0.2) is 36.9 Å². The normalized spacial score (nSPS) is 12.2. The largest absolute Gasteiger partial charge is 0.416 e. The summed E-state index contributed by atoms with van der Waals surface area (Å²) in [6.07, 6.45) is 0.902. The number of carbonyl (C=O) groups excluding carboxylic acids is 1. The molecule has 0 aliphatic heterocycles. The number of hydrogen-bond acceptors (Lipinski definition) is 4. The molecule has 0 fully saturated rings. The summed E-state index contributed by atoms with van der Waals surface area (Å²) in [5, 5.41) is -0.0863. The first-order valence-electron chi connectivity index (χ1n) is 7.37. The van der Waals surface area contributed by atoms with Gasteiger partial charge < -0.3 is 4.57 Å². The van der Waals surface area contributed by atoms with Crippen LogP contribution >= 0.6 is 11.6 Å². The van der Waals surface area contributed by atoms with Crippen LogP contribution in [0.25, 0.3) is 16.7 Å². The number of benzene rings is 1. The highest BCUT2D eigenvalue weighted by atomic mass is 35.5. The molecule has 0 saturated heterocycles. The summed E-state index contributed by atoms with van der Waals surface area (Å²) in [5.41, 5.74) is 0.403. The third-order valence-electron chi connectivity index (χ3n) is 3.95. The molecule has 0 aliphatic carbocycles. The van der Waals surface area contributed by atoms with Crippen LogP contribution in [0.2, 0.25) is 5.15 Å². The van der Waals surface area contributed by atoms with Gasteiger partial charge in [-0.05, 0) is 18.2 Å². The summed E-state index contributed by atoms with van der Waals surface area (Å²) < 4.78 is 42.2. The second-order valence-corrected chi connectivity index (χ2v) is 5.92. The zero-order valence-electron chi connectivity index (χ0n) is 12.9. The molecule has 0 spiro atoms. The average Bonchev–Trinajstić information content (AvgIpc) is 3.22. The number of imidazole rings is 2. The second kappa shape index (κ2) is 5.80. The van der Waals surface area contributed by atoms with Crippen LogP contribution in [0.1, 0.15) is 21.7 Å². The molecule has 26 heavy (non-hydrogen) atoms. The van der Waals surface area contributed by atoms with Gasteiger partial charge in [-0.2, -0.15) is 13.2 Å². The van der Waals surface area contributed by atoms with E-state index in [-0.39, 0.29) is 28.6 Å². The summed E-state index contributed by atoms with van der Waals surface area (Å²) in [6.45, 7) is 0.242. The Morgan fingerprint density at radius 1 is 1.23 bits per heavy atom. The van der Waals surface area contributed by atoms with Crippen LogP contribution in [-0.2, 0) is 12.7 Å². The number of carbonyl (C=O) groups is 1. The van der Waals surface area contributed by atoms with E-state index in [2.05, 4.69) is 15.0 Å². The molecule has 0 radical (unpaired) electrons. The fraction of sp³-hybridized carbons (Fsp3) is 0.125. The number of fused-ring (bicyclic) bond motifs is 3. The molecule has 0 atom stereocenters. The molecule has 4 aromatic rings. The Morgan fingerprint density at radius 2 is 2.04 bits per heavy atom. The molecule has 0 amide bonds. The maximum absolute atomic E-state index is 13.0.